The van der Waals surface area contributed by atoms with E-state index in [0.717, 1.165) is 10.9 Å². The highest BCUT2D eigenvalue weighted by molar-refractivity contribution is 6.32. The molecule has 4 nitrogen and oxygen atoms in total. The molecule has 0 bridgehead atoms. The van der Waals surface area contributed by atoms with Gasteiger partial charge < -0.3 is 9.15 Å². The lowest BCUT2D eigenvalue weighted by molar-refractivity contribution is 0.101. The molecule has 0 N–H and O–H groups in total. The van der Waals surface area contributed by atoms with Crippen LogP contribution in [0.5, 0.6) is 5.75 Å². The Balaban J connectivity index is 1.90. The summed E-state index contributed by atoms with van der Waals surface area (Å²) in [5, 5.41) is 1.34. The van der Waals surface area contributed by atoms with Crippen LogP contribution in [0, 0.1) is 6.92 Å². The molecular formula is C19H15ClO4. The van der Waals surface area contributed by atoms with Crippen LogP contribution in [0.4, 0.5) is 0 Å². The third-order valence-corrected chi connectivity index (χ3v) is 4.17. The minimum atomic E-state index is -0.435. The second-order valence-electron chi connectivity index (χ2n) is 5.56. The molecule has 1 heterocycles. The Labute approximate surface area is 143 Å². The van der Waals surface area contributed by atoms with Gasteiger partial charge in [0, 0.05) is 27.6 Å². The van der Waals surface area contributed by atoms with Crippen molar-refractivity contribution in [3.63, 3.8) is 0 Å². The molecule has 122 valence electrons. The third kappa shape index (κ3) is 3.34. The van der Waals surface area contributed by atoms with Crippen LogP contribution in [0.3, 0.4) is 0 Å². The lowest BCUT2D eigenvalue weighted by Crippen LogP contribution is -2.04. The van der Waals surface area contributed by atoms with Crippen molar-refractivity contribution in [2.75, 3.05) is 0 Å². The number of Topliss-reactive ketones (excluding diaryl/α,β-unsaturated/α-hetero) is 1. The first-order valence-electron chi connectivity index (χ1n) is 7.41. The van der Waals surface area contributed by atoms with Crippen molar-refractivity contribution in [2.24, 2.45) is 0 Å². The van der Waals surface area contributed by atoms with Crippen molar-refractivity contribution < 1.29 is 13.9 Å². The van der Waals surface area contributed by atoms with Crippen molar-refractivity contribution in [2.45, 2.75) is 20.5 Å². The number of rotatable bonds is 4. The van der Waals surface area contributed by atoms with E-state index < -0.39 is 5.63 Å². The van der Waals surface area contributed by atoms with Crippen molar-refractivity contribution in [1.29, 1.82) is 0 Å². The maximum Gasteiger partial charge on any atom is 0.336 e. The smallest absolute Gasteiger partial charge is 0.336 e. The average molecular weight is 343 g/mol. The van der Waals surface area contributed by atoms with Gasteiger partial charge in [-0.2, -0.15) is 0 Å². The summed E-state index contributed by atoms with van der Waals surface area (Å²) in [7, 11) is 0. The van der Waals surface area contributed by atoms with E-state index in [1.807, 2.05) is 6.92 Å². The number of ketones is 1. The van der Waals surface area contributed by atoms with Crippen LogP contribution in [0.15, 0.2) is 51.7 Å². The molecule has 0 saturated heterocycles. The van der Waals surface area contributed by atoms with Gasteiger partial charge in [0.1, 0.15) is 17.9 Å². The van der Waals surface area contributed by atoms with Gasteiger partial charge in [-0.25, -0.2) is 4.79 Å². The van der Waals surface area contributed by atoms with Gasteiger partial charge in [0.05, 0.1) is 0 Å². The number of hydrogen-bond acceptors (Lipinski definition) is 4. The molecule has 1 aromatic heterocycles. The first kappa shape index (κ1) is 16.3. The van der Waals surface area contributed by atoms with E-state index in [2.05, 4.69) is 0 Å². The molecule has 24 heavy (non-hydrogen) atoms. The molecule has 3 aromatic rings. The standard InChI is InChI=1S/C19H15ClO4/c1-11-7-18-16(9-17(11)20)14(8-19(22)24-18)10-23-15-5-3-13(4-6-15)12(2)21/h3-9H,10H2,1-2H3. The van der Waals surface area contributed by atoms with E-state index in [-0.39, 0.29) is 12.4 Å². The molecule has 0 unspecified atom stereocenters. The number of hydrogen-bond donors (Lipinski definition) is 0. The van der Waals surface area contributed by atoms with E-state index >= 15 is 0 Å². The Bertz CT molecular complexity index is 971. The molecule has 0 aliphatic heterocycles. The van der Waals surface area contributed by atoms with Crippen LogP contribution < -0.4 is 10.4 Å². The van der Waals surface area contributed by atoms with Gasteiger partial charge in [0.15, 0.2) is 5.78 Å². The number of aryl methyl sites for hydroxylation is 1. The fraction of sp³-hybridized carbons (Fsp3) is 0.158. The zero-order chi connectivity index (χ0) is 17.3. The van der Waals surface area contributed by atoms with Crippen molar-refractivity contribution in [3.05, 3.63) is 74.6 Å². The van der Waals surface area contributed by atoms with E-state index in [0.29, 0.717) is 27.5 Å². The molecule has 2 aromatic carbocycles. The normalized spacial score (nSPS) is 10.8. The zero-order valence-corrected chi connectivity index (χ0v) is 14.0. The molecule has 3 rings (SSSR count). The molecule has 0 radical (unpaired) electrons. The SMILES string of the molecule is CC(=O)c1ccc(OCc2cc(=O)oc3cc(C)c(Cl)cc23)cc1. The highest BCUT2D eigenvalue weighted by atomic mass is 35.5. The highest BCUT2D eigenvalue weighted by Gasteiger charge is 2.09. The van der Waals surface area contributed by atoms with Crippen LogP contribution in [0.25, 0.3) is 11.0 Å². The first-order valence-corrected chi connectivity index (χ1v) is 7.78. The van der Waals surface area contributed by atoms with Gasteiger partial charge in [0.2, 0.25) is 0 Å². The van der Waals surface area contributed by atoms with Crippen LogP contribution in [0.1, 0.15) is 28.4 Å². The summed E-state index contributed by atoms with van der Waals surface area (Å²) >= 11 is 6.17. The van der Waals surface area contributed by atoms with Gasteiger partial charge in [0.25, 0.3) is 0 Å². The Morgan fingerprint density at radius 1 is 1.17 bits per heavy atom. The van der Waals surface area contributed by atoms with Crippen molar-refractivity contribution in [1.82, 2.24) is 0 Å². The number of benzene rings is 2. The fourth-order valence-electron chi connectivity index (χ4n) is 2.41. The summed E-state index contributed by atoms with van der Waals surface area (Å²) in [6, 6.07) is 11.8. The number of carbonyl (C=O) groups excluding carboxylic acids is 1. The Morgan fingerprint density at radius 2 is 1.88 bits per heavy atom. The summed E-state index contributed by atoms with van der Waals surface area (Å²) in [6.07, 6.45) is 0. The third-order valence-electron chi connectivity index (χ3n) is 3.76. The fourth-order valence-corrected chi connectivity index (χ4v) is 2.58. The second-order valence-corrected chi connectivity index (χ2v) is 5.96. The molecular weight excluding hydrogens is 328 g/mol. The first-order chi connectivity index (χ1) is 11.4. The summed E-state index contributed by atoms with van der Waals surface area (Å²) in [5.74, 6) is 0.609. The average Bonchev–Trinajstić information content (AvgIpc) is 2.54. The van der Waals surface area contributed by atoms with Gasteiger partial charge in [-0.05, 0) is 55.8 Å². The lowest BCUT2D eigenvalue weighted by atomic mass is 10.1. The molecule has 0 saturated carbocycles. The van der Waals surface area contributed by atoms with E-state index in [9.17, 15) is 9.59 Å². The van der Waals surface area contributed by atoms with Crippen molar-refractivity contribution >= 4 is 28.4 Å². The predicted octanol–water partition coefficient (Wildman–Crippen LogP) is 4.54. The van der Waals surface area contributed by atoms with Crippen LogP contribution in [-0.2, 0) is 6.61 Å². The number of halogens is 1. The summed E-state index contributed by atoms with van der Waals surface area (Å²) < 4.78 is 11.0. The second kappa shape index (κ2) is 6.49. The number of ether oxygens (including phenoxy) is 1. The monoisotopic (exact) mass is 342 g/mol. The molecule has 0 aliphatic rings. The van der Waals surface area contributed by atoms with Crippen LogP contribution >= 0.6 is 11.6 Å². The maximum absolute atomic E-state index is 11.7. The van der Waals surface area contributed by atoms with E-state index in [1.54, 1.807) is 36.4 Å². The number of fused-ring (bicyclic) bond motifs is 1. The molecule has 0 fully saturated rings. The van der Waals surface area contributed by atoms with Gasteiger partial charge in [-0.15, -0.1) is 0 Å². The highest BCUT2D eigenvalue weighted by Crippen LogP contribution is 2.26. The predicted molar refractivity (Wildman–Crippen MR) is 93.0 cm³/mol. The van der Waals surface area contributed by atoms with E-state index in [4.69, 9.17) is 20.8 Å². The molecule has 0 aliphatic carbocycles. The van der Waals surface area contributed by atoms with E-state index in [1.165, 1.54) is 13.0 Å². The van der Waals surface area contributed by atoms with Crippen molar-refractivity contribution in [3.8, 4) is 5.75 Å². The van der Waals surface area contributed by atoms with Gasteiger partial charge in [-0.1, -0.05) is 11.6 Å². The Morgan fingerprint density at radius 3 is 2.54 bits per heavy atom. The summed E-state index contributed by atoms with van der Waals surface area (Å²) in [5.41, 5.74) is 2.20. The topological polar surface area (TPSA) is 56.5 Å². The summed E-state index contributed by atoms with van der Waals surface area (Å²) in [6.45, 7) is 3.55. The maximum atomic E-state index is 11.7. The van der Waals surface area contributed by atoms with Gasteiger partial charge >= 0.3 is 5.63 Å². The van der Waals surface area contributed by atoms with Crippen LogP contribution in [-0.4, -0.2) is 5.78 Å². The number of carbonyl (C=O) groups is 1. The molecule has 0 atom stereocenters. The minimum absolute atomic E-state index is 0.00165. The Hall–Kier alpha value is -2.59. The largest absolute Gasteiger partial charge is 0.489 e. The zero-order valence-electron chi connectivity index (χ0n) is 13.3. The van der Waals surface area contributed by atoms with Crippen LogP contribution in [0.2, 0.25) is 5.02 Å². The minimum Gasteiger partial charge on any atom is -0.489 e. The van der Waals surface area contributed by atoms with Gasteiger partial charge in [-0.3, -0.25) is 4.79 Å². The lowest BCUT2D eigenvalue weighted by Gasteiger charge is -2.09. The Kier molecular flexibility index (Phi) is 4.40. The molecule has 0 spiro atoms. The quantitative estimate of drug-likeness (QED) is 0.516. The summed E-state index contributed by atoms with van der Waals surface area (Å²) in [4.78, 5) is 23.0. The molecule has 0 amide bonds. The molecule has 5 heteroatoms.